The number of hydrogen-bond acceptors (Lipinski definition) is 3. The molecule has 0 bridgehead atoms. The minimum absolute atomic E-state index is 0.328. The number of para-hydroxylation sites is 2. The van der Waals surface area contributed by atoms with E-state index in [0.29, 0.717) is 9.90 Å². The quantitative estimate of drug-likeness (QED) is 0.188. The van der Waals surface area contributed by atoms with Crippen molar-refractivity contribution in [3.8, 4) is 16.9 Å². The molecule has 2 aromatic heterocycles. The van der Waals surface area contributed by atoms with Gasteiger partial charge in [0.1, 0.15) is 4.88 Å². The van der Waals surface area contributed by atoms with Gasteiger partial charge in [-0.3, -0.25) is 4.79 Å². The van der Waals surface area contributed by atoms with Crippen LogP contribution in [0, 0.1) is 0 Å². The highest BCUT2D eigenvalue weighted by Gasteiger charge is 2.19. The summed E-state index contributed by atoms with van der Waals surface area (Å²) < 4.78 is 3.20. The summed E-state index contributed by atoms with van der Waals surface area (Å²) in [5, 5.41) is 6.75. The largest absolute Gasteiger partial charge is 0.309 e. The predicted molar refractivity (Wildman–Crippen MR) is 151 cm³/mol. The van der Waals surface area contributed by atoms with Gasteiger partial charge >= 0.3 is 0 Å². The minimum Gasteiger partial charge on any atom is -0.309 e. The fraction of sp³-hybridized carbons (Fsp3) is 0. The molecule has 1 N–H and O–H groups in total. The van der Waals surface area contributed by atoms with E-state index in [-0.39, 0.29) is 5.91 Å². The molecule has 0 radical (unpaired) electrons. The van der Waals surface area contributed by atoms with Crippen molar-refractivity contribution >= 4 is 56.0 Å². The first-order valence-electron chi connectivity index (χ1n) is 11.5. The number of hydrazone groups is 1. The average Bonchev–Trinajstić information content (AvgIpc) is 3.45. The van der Waals surface area contributed by atoms with Gasteiger partial charge in [-0.15, -0.1) is 11.3 Å². The third-order valence-corrected chi connectivity index (χ3v) is 7.75. The zero-order valence-electron chi connectivity index (χ0n) is 19.1. The maximum Gasteiger partial charge on any atom is 0.283 e. The zero-order valence-corrected chi connectivity index (χ0v) is 20.6. The molecule has 0 aliphatic carbocycles. The van der Waals surface area contributed by atoms with Gasteiger partial charge in [-0.1, -0.05) is 96.5 Å². The Hall–Kier alpha value is -4.19. The van der Waals surface area contributed by atoms with E-state index in [1.54, 1.807) is 6.21 Å². The lowest BCUT2D eigenvalue weighted by molar-refractivity contribution is 0.0959. The molecule has 0 spiro atoms. The number of rotatable bonds is 5. The van der Waals surface area contributed by atoms with Crippen molar-refractivity contribution in [2.24, 2.45) is 5.10 Å². The van der Waals surface area contributed by atoms with Gasteiger partial charge < -0.3 is 4.57 Å². The fourth-order valence-corrected chi connectivity index (χ4v) is 5.89. The maximum atomic E-state index is 13.0. The number of amides is 1. The molecule has 2 heterocycles. The Morgan fingerprint density at radius 1 is 0.806 bits per heavy atom. The van der Waals surface area contributed by atoms with E-state index < -0.39 is 0 Å². The Kier molecular flexibility index (Phi) is 5.85. The third-order valence-electron chi connectivity index (χ3n) is 6.08. The van der Waals surface area contributed by atoms with Gasteiger partial charge in [-0.25, -0.2) is 5.43 Å². The lowest BCUT2D eigenvalue weighted by atomic mass is 10.1. The molecule has 0 saturated carbocycles. The standard InChI is InChI=1S/C30H20ClN3OS/c31-27-23-16-8-10-18-26(23)36-29(27)30(35)33-32-19-24-22-15-7-9-17-25(22)34(21-13-5-2-6-14-21)28(24)20-11-3-1-4-12-20/h1-19H,(H,33,35)/b32-19-. The predicted octanol–water partition coefficient (Wildman–Crippen LogP) is 7.93. The molecule has 0 fully saturated rings. The van der Waals surface area contributed by atoms with Crippen LogP contribution in [0.1, 0.15) is 15.2 Å². The summed E-state index contributed by atoms with van der Waals surface area (Å²) in [4.78, 5) is 13.4. The van der Waals surface area contributed by atoms with Crippen molar-refractivity contribution < 1.29 is 4.79 Å². The van der Waals surface area contributed by atoms with E-state index >= 15 is 0 Å². The third kappa shape index (κ3) is 3.88. The first-order chi connectivity index (χ1) is 17.7. The van der Waals surface area contributed by atoms with Crippen LogP contribution in [0.5, 0.6) is 0 Å². The van der Waals surface area contributed by atoms with Crippen molar-refractivity contribution in [1.82, 2.24) is 9.99 Å². The molecule has 0 atom stereocenters. The van der Waals surface area contributed by atoms with Gasteiger partial charge in [-0.2, -0.15) is 5.10 Å². The maximum absolute atomic E-state index is 13.0. The van der Waals surface area contributed by atoms with Gasteiger partial charge in [0, 0.05) is 26.7 Å². The summed E-state index contributed by atoms with van der Waals surface area (Å²) in [6.45, 7) is 0. The van der Waals surface area contributed by atoms with Crippen molar-refractivity contribution in [2.45, 2.75) is 0 Å². The Morgan fingerprint density at radius 2 is 1.44 bits per heavy atom. The minimum atomic E-state index is -0.328. The molecule has 0 aliphatic rings. The van der Waals surface area contributed by atoms with Gasteiger partial charge in [0.15, 0.2) is 0 Å². The van der Waals surface area contributed by atoms with E-state index in [1.807, 2.05) is 72.8 Å². The van der Waals surface area contributed by atoms with Gasteiger partial charge in [0.2, 0.25) is 0 Å². The van der Waals surface area contributed by atoms with E-state index in [0.717, 1.165) is 43.5 Å². The number of nitrogens with one attached hydrogen (secondary N) is 1. The van der Waals surface area contributed by atoms with Crippen LogP contribution >= 0.6 is 22.9 Å². The molecule has 174 valence electrons. The number of thiophene rings is 1. The summed E-state index contributed by atoms with van der Waals surface area (Å²) in [6, 6.07) is 36.4. The summed E-state index contributed by atoms with van der Waals surface area (Å²) in [5.74, 6) is -0.328. The second-order valence-electron chi connectivity index (χ2n) is 8.26. The lowest BCUT2D eigenvalue weighted by Crippen LogP contribution is -2.16. The Morgan fingerprint density at radius 3 is 2.19 bits per heavy atom. The molecule has 4 aromatic carbocycles. The fourth-order valence-electron chi connectivity index (χ4n) is 4.49. The molecule has 36 heavy (non-hydrogen) atoms. The smallest absolute Gasteiger partial charge is 0.283 e. The number of benzene rings is 4. The van der Waals surface area contributed by atoms with E-state index in [9.17, 15) is 4.79 Å². The molecule has 4 nitrogen and oxygen atoms in total. The zero-order chi connectivity index (χ0) is 24.5. The number of carbonyl (C=O) groups is 1. The van der Waals surface area contributed by atoms with Gasteiger partial charge in [0.05, 0.1) is 22.4 Å². The summed E-state index contributed by atoms with van der Waals surface area (Å²) in [6.07, 6.45) is 1.73. The van der Waals surface area contributed by atoms with Crippen LogP contribution in [0.4, 0.5) is 0 Å². The van der Waals surface area contributed by atoms with Gasteiger partial charge in [0.25, 0.3) is 5.91 Å². The molecule has 6 heteroatoms. The van der Waals surface area contributed by atoms with Crippen LogP contribution in [0.3, 0.4) is 0 Å². The lowest BCUT2D eigenvalue weighted by Gasteiger charge is -2.12. The molecule has 6 aromatic rings. The number of hydrogen-bond donors (Lipinski definition) is 1. The number of carbonyl (C=O) groups excluding carboxylic acids is 1. The number of fused-ring (bicyclic) bond motifs is 2. The Balaban J connectivity index is 1.45. The highest BCUT2D eigenvalue weighted by Crippen LogP contribution is 2.36. The second-order valence-corrected chi connectivity index (χ2v) is 9.69. The first-order valence-corrected chi connectivity index (χ1v) is 12.7. The molecule has 1 amide bonds. The van der Waals surface area contributed by atoms with Gasteiger partial charge in [-0.05, 0) is 29.8 Å². The molecular weight excluding hydrogens is 486 g/mol. The normalized spacial score (nSPS) is 11.5. The van der Waals surface area contributed by atoms with Crippen molar-refractivity contribution in [1.29, 1.82) is 0 Å². The van der Waals surface area contributed by atoms with Crippen LogP contribution in [0.15, 0.2) is 114 Å². The molecule has 6 rings (SSSR count). The number of nitrogens with zero attached hydrogens (tertiary/aromatic N) is 2. The number of aromatic nitrogens is 1. The highest BCUT2D eigenvalue weighted by atomic mass is 35.5. The van der Waals surface area contributed by atoms with Crippen LogP contribution in [0.25, 0.3) is 37.9 Å². The summed E-state index contributed by atoms with van der Waals surface area (Å²) in [5.41, 5.74) is 7.77. The Bertz CT molecular complexity index is 1740. The first kappa shape index (κ1) is 22.3. The number of halogens is 1. The second kappa shape index (κ2) is 9.46. The van der Waals surface area contributed by atoms with E-state index in [4.69, 9.17) is 11.6 Å². The van der Waals surface area contributed by atoms with Crippen LogP contribution in [0.2, 0.25) is 5.02 Å². The molecule has 0 aliphatic heterocycles. The van der Waals surface area contributed by atoms with Crippen LogP contribution in [-0.2, 0) is 0 Å². The molecule has 0 saturated heterocycles. The van der Waals surface area contributed by atoms with Crippen molar-refractivity contribution in [3.63, 3.8) is 0 Å². The Labute approximate surface area is 217 Å². The molecule has 0 unspecified atom stereocenters. The topological polar surface area (TPSA) is 46.4 Å². The average molecular weight is 506 g/mol. The molecular formula is C30H20ClN3OS. The van der Waals surface area contributed by atoms with Crippen LogP contribution < -0.4 is 5.43 Å². The monoisotopic (exact) mass is 505 g/mol. The van der Waals surface area contributed by atoms with E-state index in [2.05, 4.69) is 51.5 Å². The summed E-state index contributed by atoms with van der Waals surface area (Å²) >= 11 is 7.86. The highest BCUT2D eigenvalue weighted by molar-refractivity contribution is 7.21. The summed E-state index contributed by atoms with van der Waals surface area (Å²) in [7, 11) is 0. The SMILES string of the molecule is O=C(N/N=C\c1c(-c2ccccc2)n(-c2ccccc2)c2ccccc12)c1sc2ccccc2c1Cl. The van der Waals surface area contributed by atoms with Crippen molar-refractivity contribution in [2.75, 3.05) is 0 Å². The van der Waals surface area contributed by atoms with Crippen molar-refractivity contribution in [3.05, 3.63) is 125 Å². The van der Waals surface area contributed by atoms with Crippen LogP contribution in [-0.4, -0.2) is 16.7 Å². The van der Waals surface area contributed by atoms with E-state index in [1.165, 1.54) is 11.3 Å².